The van der Waals surface area contributed by atoms with Crippen LogP contribution < -0.4 is 4.90 Å². The van der Waals surface area contributed by atoms with Crippen molar-refractivity contribution in [3.8, 4) is 0 Å². The Kier molecular flexibility index (Phi) is 3.56. The second kappa shape index (κ2) is 4.80. The van der Waals surface area contributed by atoms with E-state index in [4.69, 9.17) is 16.3 Å². The molecule has 4 nitrogen and oxygen atoms in total. The molecule has 0 radical (unpaired) electrons. The van der Waals surface area contributed by atoms with Gasteiger partial charge in [0.25, 0.3) is 0 Å². The molecule has 0 aliphatic carbocycles. The largest absolute Gasteiger partial charge is 0.394 e. The first-order valence-electron chi connectivity index (χ1n) is 5.66. The number of aliphatic hydroxyl groups is 1. The molecule has 0 amide bonds. The molecule has 1 N–H and O–H groups in total. The summed E-state index contributed by atoms with van der Waals surface area (Å²) in [6.45, 7) is 5.39. The third-order valence-corrected chi connectivity index (χ3v) is 2.92. The Morgan fingerprint density at radius 2 is 2.35 bits per heavy atom. The van der Waals surface area contributed by atoms with Crippen LogP contribution >= 0.6 is 11.6 Å². The van der Waals surface area contributed by atoms with E-state index in [1.165, 1.54) is 0 Å². The quantitative estimate of drug-likeness (QED) is 0.819. The van der Waals surface area contributed by atoms with E-state index in [0.717, 1.165) is 12.4 Å². The molecule has 0 aromatic carbocycles. The maximum absolute atomic E-state index is 9.24. The Hall–Kier alpha value is -0.840. The molecule has 1 unspecified atom stereocenters. The van der Waals surface area contributed by atoms with E-state index in [1.807, 2.05) is 26.0 Å². The van der Waals surface area contributed by atoms with Crippen LogP contribution in [-0.4, -0.2) is 41.5 Å². The second-order valence-electron chi connectivity index (χ2n) is 4.88. The number of morpholine rings is 1. The zero-order chi connectivity index (χ0) is 12.5. The van der Waals surface area contributed by atoms with Gasteiger partial charge in [-0.15, -0.1) is 0 Å². The van der Waals surface area contributed by atoms with Crippen molar-refractivity contribution in [2.24, 2.45) is 0 Å². The molecule has 2 heterocycles. The Labute approximate surface area is 106 Å². The molecule has 0 saturated carbocycles. The van der Waals surface area contributed by atoms with Crippen LogP contribution in [0, 0.1) is 0 Å². The van der Waals surface area contributed by atoms with E-state index in [2.05, 4.69) is 9.88 Å². The van der Waals surface area contributed by atoms with Gasteiger partial charge in [0, 0.05) is 13.1 Å². The van der Waals surface area contributed by atoms with Gasteiger partial charge < -0.3 is 14.7 Å². The molecule has 0 bridgehead atoms. The summed E-state index contributed by atoms with van der Waals surface area (Å²) in [5.41, 5.74) is -0.296. The third kappa shape index (κ3) is 3.09. The summed E-state index contributed by atoms with van der Waals surface area (Å²) in [7, 11) is 0. The first-order valence-corrected chi connectivity index (χ1v) is 6.04. The van der Waals surface area contributed by atoms with Crippen LogP contribution in [0.25, 0.3) is 0 Å². The van der Waals surface area contributed by atoms with Crippen LogP contribution in [0.1, 0.15) is 13.8 Å². The van der Waals surface area contributed by atoms with E-state index < -0.39 is 0 Å². The molecular weight excluding hydrogens is 240 g/mol. The van der Waals surface area contributed by atoms with Gasteiger partial charge in [-0.05, 0) is 26.0 Å². The lowest BCUT2D eigenvalue weighted by molar-refractivity contribution is -0.101. The summed E-state index contributed by atoms with van der Waals surface area (Å²) >= 11 is 5.89. The Balaban J connectivity index is 2.20. The highest BCUT2D eigenvalue weighted by Crippen LogP contribution is 2.25. The van der Waals surface area contributed by atoms with Gasteiger partial charge in [0.15, 0.2) is 0 Å². The van der Waals surface area contributed by atoms with E-state index >= 15 is 0 Å². The predicted octanol–water partition coefficient (Wildman–Crippen LogP) is 1.71. The summed E-state index contributed by atoms with van der Waals surface area (Å²) in [6.07, 6.45) is -0.181. The van der Waals surface area contributed by atoms with Crippen molar-refractivity contribution in [3.63, 3.8) is 0 Å². The summed E-state index contributed by atoms with van der Waals surface area (Å²) in [6, 6.07) is 5.54. The minimum absolute atomic E-state index is 0.0144. The monoisotopic (exact) mass is 256 g/mol. The molecule has 94 valence electrons. The highest BCUT2D eigenvalue weighted by atomic mass is 35.5. The van der Waals surface area contributed by atoms with Crippen LogP contribution in [0.2, 0.25) is 5.15 Å². The van der Waals surface area contributed by atoms with Gasteiger partial charge in [-0.2, -0.15) is 0 Å². The lowest BCUT2D eigenvalue weighted by atomic mass is 10.1. The van der Waals surface area contributed by atoms with E-state index in [9.17, 15) is 5.11 Å². The van der Waals surface area contributed by atoms with Crippen molar-refractivity contribution in [1.29, 1.82) is 0 Å². The molecule has 17 heavy (non-hydrogen) atoms. The third-order valence-electron chi connectivity index (χ3n) is 2.71. The first kappa shape index (κ1) is 12.6. The van der Waals surface area contributed by atoms with Gasteiger partial charge in [-0.25, -0.2) is 4.98 Å². The van der Waals surface area contributed by atoms with E-state index in [-0.39, 0.29) is 18.3 Å². The SMILES string of the molecule is CC1(C)CN(c2cccc(Cl)n2)CC(CO)O1. The summed E-state index contributed by atoms with van der Waals surface area (Å²) < 4.78 is 5.75. The number of rotatable bonds is 2. The number of aromatic nitrogens is 1. The number of ether oxygens (including phenoxy) is 1. The van der Waals surface area contributed by atoms with Crippen LogP contribution in [0.3, 0.4) is 0 Å². The lowest BCUT2D eigenvalue weighted by Gasteiger charge is -2.42. The first-order chi connectivity index (χ1) is 8.00. The van der Waals surface area contributed by atoms with Crippen molar-refractivity contribution in [2.45, 2.75) is 25.6 Å². The normalized spacial score (nSPS) is 23.8. The molecule has 5 heteroatoms. The summed E-state index contributed by atoms with van der Waals surface area (Å²) in [5.74, 6) is 0.826. The Bertz CT molecular complexity index is 398. The fraction of sp³-hybridized carbons (Fsp3) is 0.583. The minimum Gasteiger partial charge on any atom is -0.394 e. The number of pyridine rings is 1. The number of aliphatic hydroxyl groups excluding tert-OH is 1. The molecule has 1 aromatic heterocycles. The highest BCUT2D eigenvalue weighted by Gasteiger charge is 2.33. The van der Waals surface area contributed by atoms with E-state index in [1.54, 1.807) is 6.07 Å². The molecule has 1 saturated heterocycles. The van der Waals surface area contributed by atoms with Crippen LogP contribution in [0.4, 0.5) is 5.82 Å². The fourth-order valence-electron chi connectivity index (χ4n) is 2.14. The maximum Gasteiger partial charge on any atom is 0.131 e. The zero-order valence-electron chi connectivity index (χ0n) is 10.1. The number of hydrogen-bond donors (Lipinski definition) is 1. The van der Waals surface area contributed by atoms with Crippen molar-refractivity contribution in [3.05, 3.63) is 23.4 Å². The predicted molar refractivity (Wildman–Crippen MR) is 67.5 cm³/mol. The number of nitrogens with zero attached hydrogens (tertiary/aromatic N) is 2. The van der Waals surface area contributed by atoms with Crippen molar-refractivity contribution in [2.75, 3.05) is 24.6 Å². The van der Waals surface area contributed by atoms with Gasteiger partial charge in [0.1, 0.15) is 11.0 Å². The van der Waals surface area contributed by atoms with Gasteiger partial charge in [0.05, 0.1) is 18.3 Å². The number of anilines is 1. The average Bonchev–Trinajstić information content (AvgIpc) is 2.27. The molecule has 1 fully saturated rings. The van der Waals surface area contributed by atoms with Crippen molar-refractivity contribution in [1.82, 2.24) is 4.98 Å². The minimum atomic E-state index is -0.296. The molecule has 0 spiro atoms. The van der Waals surface area contributed by atoms with Gasteiger partial charge >= 0.3 is 0 Å². The topological polar surface area (TPSA) is 45.6 Å². The maximum atomic E-state index is 9.24. The molecule has 1 aliphatic rings. The second-order valence-corrected chi connectivity index (χ2v) is 5.27. The Morgan fingerprint density at radius 1 is 1.59 bits per heavy atom. The molecule has 1 aliphatic heterocycles. The zero-order valence-corrected chi connectivity index (χ0v) is 10.8. The van der Waals surface area contributed by atoms with E-state index in [0.29, 0.717) is 11.7 Å². The fourth-order valence-corrected chi connectivity index (χ4v) is 2.30. The average molecular weight is 257 g/mol. The lowest BCUT2D eigenvalue weighted by Crippen LogP contribution is -2.54. The summed E-state index contributed by atoms with van der Waals surface area (Å²) in [4.78, 5) is 6.38. The van der Waals surface area contributed by atoms with Crippen molar-refractivity contribution < 1.29 is 9.84 Å². The standard InChI is InChI=1S/C12H17ClN2O2/c1-12(2)8-15(6-9(7-16)17-12)11-5-3-4-10(13)14-11/h3-5,9,16H,6-8H2,1-2H3. The van der Waals surface area contributed by atoms with Crippen molar-refractivity contribution >= 4 is 17.4 Å². The molecule has 1 aromatic rings. The molecule has 1 atom stereocenters. The van der Waals surface area contributed by atoms with Gasteiger partial charge in [-0.1, -0.05) is 17.7 Å². The highest BCUT2D eigenvalue weighted by molar-refractivity contribution is 6.29. The summed E-state index contributed by atoms with van der Waals surface area (Å²) in [5, 5.41) is 9.72. The molecular formula is C12H17ClN2O2. The van der Waals surface area contributed by atoms with Gasteiger partial charge in [0.2, 0.25) is 0 Å². The number of halogens is 1. The van der Waals surface area contributed by atoms with Crippen LogP contribution in [0.15, 0.2) is 18.2 Å². The smallest absolute Gasteiger partial charge is 0.131 e. The Morgan fingerprint density at radius 3 is 3.00 bits per heavy atom. The molecule has 2 rings (SSSR count). The van der Waals surface area contributed by atoms with Gasteiger partial charge in [-0.3, -0.25) is 0 Å². The number of hydrogen-bond acceptors (Lipinski definition) is 4. The van der Waals surface area contributed by atoms with Crippen LogP contribution in [0.5, 0.6) is 0 Å². The van der Waals surface area contributed by atoms with Crippen LogP contribution in [-0.2, 0) is 4.74 Å².